The van der Waals surface area contributed by atoms with Crippen LogP contribution in [0.5, 0.6) is 0 Å². The molecular formula is C14H17BrN2. The zero-order chi connectivity index (χ0) is 12.3. The van der Waals surface area contributed by atoms with Gasteiger partial charge in [-0.15, -0.1) is 0 Å². The number of halogens is 1. The summed E-state index contributed by atoms with van der Waals surface area (Å²) in [7, 11) is 0. The molecule has 0 atom stereocenters. The van der Waals surface area contributed by atoms with E-state index in [0.717, 1.165) is 11.0 Å². The van der Waals surface area contributed by atoms with E-state index in [1.807, 2.05) is 12.4 Å². The molecule has 0 radical (unpaired) electrons. The van der Waals surface area contributed by atoms with Gasteiger partial charge >= 0.3 is 0 Å². The molecular weight excluding hydrogens is 276 g/mol. The van der Waals surface area contributed by atoms with Gasteiger partial charge in [-0.2, -0.15) is 0 Å². The van der Waals surface area contributed by atoms with E-state index in [-0.39, 0.29) is 5.54 Å². The van der Waals surface area contributed by atoms with Crippen molar-refractivity contribution >= 4 is 15.9 Å². The Morgan fingerprint density at radius 1 is 1.18 bits per heavy atom. The van der Waals surface area contributed by atoms with E-state index in [4.69, 9.17) is 0 Å². The minimum absolute atomic E-state index is 0.0298. The molecule has 0 bridgehead atoms. The maximum Gasteiger partial charge on any atom is 0.0380 e. The highest BCUT2D eigenvalue weighted by Crippen LogP contribution is 2.22. The third-order valence-electron chi connectivity index (χ3n) is 2.96. The van der Waals surface area contributed by atoms with Crippen molar-refractivity contribution in [3.8, 4) is 0 Å². The molecule has 0 aliphatic rings. The number of aromatic nitrogens is 1. The van der Waals surface area contributed by atoms with Crippen molar-refractivity contribution in [3.05, 3.63) is 58.3 Å². The number of benzene rings is 1. The fourth-order valence-electron chi connectivity index (χ4n) is 1.76. The molecule has 2 N–H and O–H groups in total. The Morgan fingerprint density at radius 3 is 2.47 bits per heavy atom. The first kappa shape index (κ1) is 12.4. The largest absolute Gasteiger partial charge is 0.367 e. The zero-order valence-corrected chi connectivity index (χ0v) is 11.7. The number of hydrogen-bond donors (Lipinski definition) is 2. The maximum absolute atomic E-state index is 3.56. The number of nitrogens with one attached hydrogen (secondary N) is 2. The first-order valence-electron chi connectivity index (χ1n) is 5.71. The second-order valence-electron chi connectivity index (χ2n) is 4.70. The predicted octanol–water partition coefficient (Wildman–Crippen LogP) is 3.80. The van der Waals surface area contributed by atoms with Crippen LogP contribution in [-0.4, -0.2) is 4.98 Å². The second-order valence-corrected chi connectivity index (χ2v) is 5.62. The molecule has 2 rings (SSSR count). The van der Waals surface area contributed by atoms with Gasteiger partial charge in [-0.1, -0.05) is 28.1 Å². The number of aromatic amines is 1. The minimum Gasteiger partial charge on any atom is -0.367 e. The molecule has 0 spiro atoms. The van der Waals surface area contributed by atoms with Crippen LogP contribution in [0.4, 0.5) is 0 Å². The van der Waals surface area contributed by atoms with Crippen LogP contribution in [0.25, 0.3) is 0 Å². The van der Waals surface area contributed by atoms with Gasteiger partial charge in [0.15, 0.2) is 0 Å². The van der Waals surface area contributed by atoms with Crippen LogP contribution >= 0.6 is 15.9 Å². The summed E-state index contributed by atoms with van der Waals surface area (Å²) in [4.78, 5) is 3.07. The zero-order valence-electron chi connectivity index (χ0n) is 10.1. The summed E-state index contributed by atoms with van der Waals surface area (Å²) < 4.78 is 1.11. The van der Waals surface area contributed by atoms with E-state index in [1.165, 1.54) is 11.1 Å². The highest BCUT2D eigenvalue weighted by molar-refractivity contribution is 9.10. The highest BCUT2D eigenvalue weighted by Gasteiger charge is 2.19. The Hall–Kier alpha value is -1.06. The maximum atomic E-state index is 3.56. The Kier molecular flexibility index (Phi) is 3.69. The second kappa shape index (κ2) is 5.07. The highest BCUT2D eigenvalue weighted by atomic mass is 79.9. The van der Waals surface area contributed by atoms with E-state index in [2.05, 4.69) is 70.4 Å². The SMILES string of the molecule is CC(C)(NCc1cc[nH]c1)c1ccc(Br)cc1. The molecule has 1 heterocycles. The summed E-state index contributed by atoms with van der Waals surface area (Å²) >= 11 is 3.46. The van der Waals surface area contributed by atoms with E-state index < -0.39 is 0 Å². The minimum atomic E-state index is -0.0298. The quantitative estimate of drug-likeness (QED) is 0.881. The molecule has 90 valence electrons. The van der Waals surface area contributed by atoms with E-state index in [0.29, 0.717) is 0 Å². The van der Waals surface area contributed by atoms with Crippen molar-refractivity contribution < 1.29 is 0 Å². The molecule has 0 saturated heterocycles. The predicted molar refractivity (Wildman–Crippen MR) is 74.8 cm³/mol. The van der Waals surface area contributed by atoms with Crippen molar-refractivity contribution in [2.24, 2.45) is 0 Å². The molecule has 0 aliphatic carbocycles. The summed E-state index contributed by atoms with van der Waals surface area (Å²) in [5.41, 5.74) is 2.53. The number of H-pyrrole nitrogens is 1. The van der Waals surface area contributed by atoms with Crippen LogP contribution in [0, 0.1) is 0 Å². The summed E-state index contributed by atoms with van der Waals surface area (Å²) in [5, 5.41) is 3.56. The van der Waals surface area contributed by atoms with Gasteiger partial charge in [0, 0.05) is 29.0 Å². The van der Waals surface area contributed by atoms with Gasteiger partial charge in [-0.05, 0) is 43.2 Å². The number of hydrogen-bond acceptors (Lipinski definition) is 1. The lowest BCUT2D eigenvalue weighted by molar-refractivity contribution is 0.401. The molecule has 0 aliphatic heterocycles. The molecule has 1 aromatic carbocycles. The van der Waals surface area contributed by atoms with Gasteiger partial charge in [0.2, 0.25) is 0 Å². The van der Waals surface area contributed by atoms with Crippen LogP contribution < -0.4 is 5.32 Å². The lowest BCUT2D eigenvalue weighted by Gasteiger charge is -2.27. The Balaban J connectivity index is 2.05. The molecule has 0 saturated carbocycles. The van der Waals surface area contributed by atoms with Gasteiger partial charge < -0.3 is 10.3 Å². The van der Waals surface area contributed by atoms with Gasteiger partial charge in [-0.25, -0.2) is 0 Å². The Morgan fingerprint density at radius 2 is 1.88 bits per heavy atom. The van der Waals surface area contributed by atoms with Crippen LogP contribution in [-0.2, 0) is 12.1 Å². The third kappa shape index (κ3) is 3.20. The summed E-state index contributed by atoms with van der Waals surface area (Å²) in [5.74, 6) is 0. The van der Waals surface area contributed by atoms with Gasteiger partial charge in [0.1, 0.15) is 0 Å². The van der Waals surface area contributed by atoms with Crippen molar-refractivity contribution in [2.75, 3.05) is 0 Å². The Labute approximate surface area is 111 Å². The Bertz CT molecular complexity index is 457. The fraction of sp³-hybridized carbons (Fsp3) is 0.286. The lowest BCUT2D eigenvalue weighted by atomic mass is 9.94. The summed E-state index contributed by atoms with van der Waals surface area (Å²) in [6.07, 6.45) is 3.97. The fourth-order valence-corrected chi connectivity index (χ4v) is 2.02. The first-order valence-corrected chi connectivity index (χ1v) is 6.50. The van der Waals surface area contributed by atoms with Crippen molar-refractivity contribution in [2.45, 2.75) is 25.9 Å². The number of rotatable bonds is 4. The van der Waals surface area contributed by atoms with Crippen molar-refractivity contribution in [1.82, 2.24) is 10.3 Å². The van der Waals surface area contributed by atoms with Crippen molar-refractivity contribution in [1.29, 1.82) is 0 Å². The van der Waals surface area contributed by atoms with Crippen LogP contribution in [0.3, 0.4) is 0 Å². The van der Waals surface area contributed by atoms with Gasteiger partial charge in [0.05, 0.1) is 0 Å². The normalized spacial score (nSPS) is 11.7. The molecule has 2 aromatic rings. The lowest BCUT2D eigenvalue weighted by Crippen LogP contribution is -2.35. The standard InChI is InChI=1S/C14H17BrN2/c1-14(2,12-3-5-13(15)6-4-12)17-10-11-7-8-16-9-11/h3-9,16-17H,10H2,1-2H3. The average molecular weight is 293 g/mol. The van der Waals surface area contributed by atoms with Crippen LogP contribution in [0.1, 0.15) is 25.0 Å². The topological polar surface area (TPSA) is 27.8 Å². The molecule has 0 unspecified atom stereocenters. The van der Waals surface area contributed by atoms with E-state index in [1.54, 1.807) is 0 Å². The third-order valence-corrected chi connectivity index (χ3v) is 3.49. The van der Waals surface area contributed by atoms with E-state index >= 15 is 0 Å². The van der Waals surface area contributed by atoms with Gasteiger partial charge in [0.25, 0.3) is 0 Å². The summed E-state index contributed by atoms with van der Waals surface area (Å²) in [6, 6.07) is 10.5. The van der Waals surface area contributed by atoms with Gasteiger partial charge in [-0.3, -0.25) is 0 Å². The van der Waals surface area contributed by atoms with Crippen molar-refractivity contribution in [3.63, 3.8) is 0 Å². The monoisotopic (exact) mass is 292 g/mol. The first-order chi connectivity index (χ1) is 8.08. The molecule has 0 fully saturated rings. The molecule has 17 heavy (non-hydrogen) atoms. The van der Waals surface area contributed by atoms with E-state index in [9.17, 15) is 0 Å². The smallest absolute Gasteiger partial charge is 0.0380 e. The molecule has 0 amide bonds. The van der Waals surface area contributed by atoms with Crippen LogP contribution in [0.15, 0.2) is 47.2 Å². The molecule has 3 heteroatoms. The molecule has 1 aromatic heterocycles. The average Bonchev–Trinajstić information content (AvgIpc) is 2.80. The summed E-state index contributed by atoms with van der Waals surface area (Å²) in [6.45, 7) is 5.26. The molecule has 2 nitrogen and oxygen atoms in total. The van der Waals surface area contributed by atoms with Crippen LogP contribution in [0.2, 0.25) is 0 Å².